The summed E-state index contributed by atoms with van der Waals surface area (Å²) in [6.45, 7) is 0.383. The second-order valence-corrected chi connectivity index (χ2v) is 8.21. The summed E-state index contributed by atoms with van der Waals surface area (Å²) >= 11 is 1.35. The van der Waals surface area contributed by atoms with Gasteiger partial charge in [0.1, 0.15) is 6.04 Å². The molecule has 0 fully saturated rings. The van der Waals surface area contributed by atoms with Gasteiger partial charge in [-0.2, -0.15) is 0 Å². The number of hydrogen-bond donors (Lipinski definition) is 1. The smallest absolute Gasteiger partial charge is 0.255 e. The lowest BCUT2D eigenvalue weighted by molar-refractivity contribution is -0.120. The molecule has 0 saturated heterocycles. The minimum absolute atomic E-state index is 0.143. The first-order valence-corrected chi connectivity index (χ1v) is 10.8. The van der Waals surface area contributed by atoms with Crippen LogP contribution in [0, 0.1) is 0 Å². The average molecular weight is 426 g/mol. The highest BCUT2D eigenvalue weighted by molar-refractivity contribution is 7.13. The third kappa shape index (κ3) is 3.73. The van der Waals surface area contributed by atoms with E-state index in [0.717, 1.165) is 22.3 Å². The minimum atomic E-state index is -0.745. The van der Waals surface area contributed by atoms with Crippen molar-refractivity contribution < 1.29 is 9.59 Å². The summed E-state index contributed by atoms with van der Waals surface area (Å²) in [7, 11) is 0. The summed E-state index contributed by atoms with van der Waals surface area (Å²) in [6, 6.07) is 24.5. The van der Waals surface area contributed by atoms with Crippen molar-refractivity contribution in [3.05, 3.63) is 107 Å². The van der Waals surface area contributed by atoms with Crippen molar-refractivity contribution in [2.45, 2.75) is 12.6 Å². The second-order valence-electron chi connectivity index (χ2n) is 7.31. The Bertz CT molecular complexity index is 1220. The number of carbonyl (C=O) groups is 2. The van der Waals surface area contributed by atoms with Crippen LogP contribution in [-0.2, 0) is 11.3 Å². The zero-order valence-electron chi connectivity index (χ0n) is 16.6. The molecular formula is C25H19N3O2S. The number of amides is 2. The quantitative estimate of drug-likeness (QED) is 0.481. The van der Waals surface area contributed by atoms with Crippen LogP contribution in [0.5, 0.6) is 0 Å². The highest BCUT2D eigenvalue weighted by Gasteiger charge is 2.37. The Labute approximate surface area is 184 Å². The number of carbonyl (C=O) groups excluding carboxylic acids is 2. The van der Waals surface area contributed by atoms with Crippen LogP contribution in [0.15, 0.2) is 90.4 Å². The molecule has 1 atom stereocenters. The fourth-order valence-corrected chi connectivity index (χ4v) is 4.44. The van der Waals surface area contributed by atoms with Gasteiger partial charge in [0.2, 0.25) is 0 Å². The first-order valence-electron chi connectivity index (χ1n) is 9.95. The van der Waals surface area contributed by atoms with E-state index < -0.39 is 6.04 Å². The van der Waals surface area contributed by atoms with Crippen LogP contribution in [0.4, 0.5) is 5.13 Å². The number of benzene rings is 3. The van der Waals surface area contributed by atoms with Gasteiger partial charge >= 0.3 is 0 Å². The molecule has 0 saturated carbocycles. The standard InChI is InChI=1S/C25H19N3O2S/c29-23(27-25-26-13-14-31-25)22(18-9-5-2-6-10-18)28-16-20-12-11-19(15-21(20)24(28)30)17-7-3-1-4-8-17/h1-15,22H,16H2,(H,26,27,29). The van der Waals surface area contributed by atoms with E-state index in [1.165, 1.54) is 11.3 Å². The Morgan fingerprint density at radius 3 is 2.42 bits per heavy atom. The summed E-state index contributed by atoms with van der Waals surface area (Å²) in [5, 5.41) is 5.17. The fourth-order valence-electron chi connectivity index (χ4n) is 3.91. The molecule has 1 unspecified atom stereocenters. The topological polar surface area (TPSA) is 62.3 Å². The molecule has 0 radical (unpaired) electrons. The summed E-state index contributed by atoms with van der Waals surface area (Å²) in [6.07, 6.45) is 1.64. The van der Waals surface area contributed by atoms with E-state index in [1.54, 1.807) is 16.5 Å². The van der Waals surface area contributed by atoms with Crippen molar-refractivity contribution >= 4 is 28.3 Å². The van der Waals surface area contributed by atoms with Gasteiger partial charge in [-0.05, 0) is 28.3 Å². The van der Waals surface area contributed by atoms with Crippen molar-refractivity contribution in [1.82, 2.24) is 9.88 Å². The largest absolute Gasteiger partial charge is 0.318 e. The van der Waals surface area contributed by atoms with Crippen LogP contribution in [-0.4, -0.2) is 21.7 Å². The number of anilines is 1. The Hall–Kier alpha value is -3.77. The predicted molar refractivity (Wildman–Crippen MR) is 122 cm³/mol. The summed E-state index contributed by atoms with van der Waals surface area (Å²) in [5.74, 6) is -0.415. The number of hydrogen-bond acceptors (Lipinski definition) is 4. The lowest BCUT2D eigenvalue weighted by atomic mass is 10.0. The van der Waals surface area contributed by atoms with E-state index in [-0.39, 0.29) is 11.8 Å². The molecule has 0 bridgehead atoms. The van der Waals surface area contributed by atoms with Gasteiger partial charge in [-0.25, -0.2) is 4.98 Å². The average Bonchev–Trinajstić information content (AvgIpc) is 3.43. The molecule has 2 amide bonds. The van der Waals surface area contributed by atoms with Gasteiger partial charge < -0.3 is 4.90 Å². The molecule has 0 spiro atoms. The molecule has 0 aliphatic carbocycles. The number of rotatable bonds is 5. The molecule has 5 rings (SSSR count). The van der Waals surface area contributed by atoms with E-state index in [2.05, 4.69) is 10.3 Å². The van der Waals surface area contributed by atoms with Crippen LogP contribution in [0.1, 0.15) is 27.5 Å². The number of fused-ring (bicyclic) bond motifs is 1. The van der Waals surface area contributed by atoms with Crippen molar-refractivity contribution in [3.63, 3.8) is 0 Å². The van der Waals surface area contributed by atoms with Gasteiger partial charge in [-0.1, -0.05) is 72.8 Å². The number of nitrogens with zero attached hydrogens (tertiary/aromatic N) is 2. The molecule has 1 aliphatic rings. The fraction of sp³-hybridized carbons (Fsp3) is 0.0800. The highest BCUT2D eigenvalue weighted by atomic mass is 32.1. The molecule has 1 aliphatic heterocycles. The van der Waals surface area contributed by atoms with E-state index in [4.69, 9.17) is 0 Å². The van der Waals surface area contributed by atoms with Gasteiger partial charge in [0, 0.05) is 23.7 Å². The number of nitrogens with one attached hydrogen (secondary N) is 1. The number of thiazole rings is 1. The summed E-state index contributed by atoms with van der Waals surface area (Å²) < 4.78 is 0. The molecular weight excluding hydrogens is 406 g/mol. The summed E-state index contributed by atoms with van der Waals surface area (Å²) in [5.41, 5.74) is 4.37. The monoisotopic (exact) mass is 425 g/mol. The Morgan fingerprint density at radius 1 is 0.968 bits per heavy atom. The normalized spacial score (nSPS) is 13.7. The Morgan fingerprint density at radius 2 is 1.71 bits per heavy atom. The van der Waals surface area contributed by atoms with E-state index in [9.17, 15) is 9.59 Å². The maximum Gasteiger partial charge on any atom is 0.255 e. The van der Waals surface area contributed by atoms with Crippen molar-refractivity contribution in [2.75, 3.05) is 5.32 Å². The van der Waals surface area contributed by atoms with Gasteiger partial charge in [-0.3, -0.25) is 14.9 Å². The first kappa shape index (κ1) is 19.2. The summed E-state index contributed by atoms with van der Waals surface area (Å²) in [4.78, 5) is 32.5. The van der Waals surface area contributed by atoms with Crippen LogP contribution in [0.3, 0.4) is 0 Å². The lowest BCUT2D eigenvalue weighted by Crippen LogP contribution is -2.37. The van der Waals surface area contributed by atoms with Crippen molar-refractivity contribution in [1.29, 1.82) is 0 Å². The van der Waals surface area contributed by atoms with Gasteiger partial charge in [0.15, 0.2) is 5.13 Å². The lowest BCUT2D eigenvalue weighted by Gasteiger charge is -2.27. The Kier molecular flexibility index (Phi) is 5.06. The van der Waals surface area contributed by atoms with Gasteiger partial charge in [0.05, 0.1) is 0 Å². The van der Waals surface area contributed by atoms with Crippen LogP contribution in [0.2, 0.25) is 0 Å². The minimum Gasteiger partial charge on any atom is -0.318 e. The maximum absolute atomic E-state index is 13.4. The Balaban J connectivity index is 1.49. The van der Waals surface area contributed by atoms with E-state index in [0.29, 0.717) is 17.2 Å². The van der Waals surface area contributed by atoms with Gasteiger partial charge in [-0.15, -0.1) is 11.3 Å². The first-order chi connectivity index (χ1) is 15.2. The number of aromatic nitrogens is 1. The van der Waals surface area contributed by atoms with Crippen LogP contribution >= 0.6 is 11.3 Å². The third-order valence-electron chi connectivity index (χ3n) is 5.39. The molecule has 31 heavy (non-hydrogen) atoms. The maximum atomic E-state index is 13.4. The van der Waals surface area contributed by atoms with Crippen LogP contribution in [0.25, 0.3) is 11.1 Å². The molecule has 1 aromatic heterocycles. The zero-order chi connectivity index (χ0) is 21.2. The SMILES string of the molecule is O=C(Nc1nccs1)C(c1ccccc1)N1Cc2ccc(-c3ccccc3)cc2C1=O. The second kappa shape index (κ2) is 8.16. The molecule has 4 aromatic rings. The van der Waals surface area contributed by atoms with Crippen molar-refractivity contribution in [3.8, 4) is 11.1 Å². The molecule has 152 valence electrons. The van der Waals surface area contributed by atoms with E-state index >= 15 is 0 Å². The predicted octanol–water partition coefficient (Wildman–Crippen LogP) is 5.15. The van der Waals surface area contributed by atoms with Crippen LogP contribution < -0.4 is 5.32 Å². The van der Waals surface area contributed by atoms with Gasteiger partial charge in [0.25, 0.3) is 11.8 Å². The molecule has 2 heterocycles. The zero-order valence-corrected chi connectivity index (χ0v) is 17.4. The molecule has 5 nitrogen and oxygen atoms in total. The molecule has 1 N–H and O–H groups in total. The molecule has 3 aromatic carbocycles. The van der Waals surface area contributed by atoms with Crippen molar-refractivity contribution in [2.24, 2.45) is 0 Å². The molecule has 6 heteroatoms. The van der Waals surface area contributed by atoms with E-state index in [1.807, 2.05) is 78.9 Å². The third-order valence-corrected chi connectivity index (χ3v) is 6.08. The highest BCUT2D eigenvalue weighted by Crippen LogP contribution is 2.34.